The second-order valence-corrected chi connectivity index (χ2v) is 7.27. The Labute approximate surface area is 149 Å². The fourth-order valence-corrected chi connectivity index (χ4v) is 4.02. The third kappa shape index (κ3) is 3.05. The average Bonchev–Trinajstić information content (AvgIpc) is 2.99. The van der Waals surface area contributed by atoms with Gasteiger partial charge in [0.05, 0.1) is 6.26 Å². The lowest BCUT2D eigenvalue weighted by atomic mass is 9.84. The molecule has 1 aromatic carbocycles. The summed E-state index contributed by atoms with van der Waals surface area (Å²) in [4.78, 5) is 15.1. The number of carbonyl (C=O) groups is 1. The number of fused-ring (bicyclic) bond motifs is 4. The van der Waals surface area contributed by atoms with E-state index in [0.29, 0.717) is 17.9 Å². The maximum absolute atomic E-state index is 12.7. The Bertz CT molecular complexity index is 732. The fourth-order valence-electron chi connectivity index (χ4n) is 4.02. The number of furan rings is 1. The fraction of sp³-hybridized carbons (Fsp3) is 0.526. The first-order valence-corrected chi connectivity index (χ1v) is 8.66. The summed E-state index contributed by atoms with van der Waals surface area (Å²) in [6.45, 7) is 7.67. The van der Waals surface area contributed by atoms with Crippen LogP contribution in [0, 0.1) is 5.92 Å². The Morgan fingerprint density at radius 1 is 1.29 bits per heavy atom. The van der Waals surface area contributed by atoms with Gasteiger partial charge in [-0.3, -0.25) is 4.79 Å². The number of rotatable bonds is 3. The van der Waals surface area contributed by atoms with E-state index in [1.807, 2.05) is 24.5 Å². The highest BCUT2D eigenvalue weighted by Gasteiger charge is 2.34. The van der Waals surface area contributed by atoms with Gasteiger partial charge < -0.3 is 14.6 Å². The highest BCUT2D eigenvalue weighted by Crippen LogP contribution is 2.29. The number of piperidine rings is 3. The van der Waals surface area contributed by atoms with Crippen LogP contribution in [0.15, 0.2) is 28.9 Å². The summed E-state index contributed by atoms with van der Waals surface area (Å²) >= 11 is 0. The van der Waals surface area contributed by atoms with Crippen molar-refractivity contribution in [3.05, 3.63) is 35.6 Å². The zero-order chi connectivity index (χ0) is 16.0. The van der Waals surface area contributed by atoms with E-state index < -0.39 is 0 Å². The molecule has 130 valence electrons. The standard InChI is InChI=1S/C19H24N2O2.ClH/c1-12(2)16-11-23-18-4-3-14(9-15(16)18)19(22)20-17-10-21-7-5-13(17)6-8-21;/h3-4,9,11-13,17H,5-8,10H2,1-2H3,(H,20,22);1H/t17-;/m0./s1. The number of benzene rings is 1. The summed E-state index contributed by atoms with van der Waals surface area (Å²) in [5, 5.41) is 4.32. The van der Waals surface area contributed by atoms with Crippen molar-refractivity contribution in [2.75, 3.05) is 19.6 Å². The normalized spacial score (nSPS) is 25.7. The van der Waals surface area contributed by atoms with Crippen LogP contribution in [-0.4, -0.2) is 36.5 Å². The highest BCUT2D eigenvalue weighted by molar-refractivity contribution is 5.98. The van der Waals surface area contributed by atoms with Crippen molar-refractivity contribution in [3.63, 3.8) is 0 Å². The average molecular weight is 349 g/mol. The number of hydrogen-bond donors (Lipinski definition) is 1. The molecule has 4 heterocycles. The second-order valence-electron chi connectivity index (χ2n) is 7.27. The molecule has 3 aliphatic rings. The van der Waals surface area contributed by atoms with E-state index in [1.54, 1.807) is 0 Å². The van der Waals surface area contributed by atoms with Gasteiger partial charge in [0.2, 0.25) is 0 Å². The Hall–Kier alpha value is -1.52. The molecular weight excluding hydrogens is 324 g/mol. The van der Waals surface area contributed by atoms with Crippen LogP contribution in [0.3, 0.4) is 0 Å². The van der Waals surface area contributed by atoms with E-state index in [1.165, 1.54) is 25.9 Å². The quantitative estimate of drug-likeness (QED) is 0.917. The lowest BCUT2D eigenvalue weighted by molar-refractivity contribution is 0.0620. The van der Waals surface area contributed by atoms with Gasteiger partial charge in [-0.2, -0.15) is 0 Å². The molecule has 0 saturated carbocycles. The van der Waals surface area contributed by atoms with Crippen molar-refractivity contribution < 1.29 is 9.21 Å². The Kier molecular flexibility index (Phi) is 4.88. The molecule has 3 aliphatic heterocycles. The molecule has 1 N–H and O–H groups in total. The van der Waals surface area contributed by atoms with Crippen LogP contribution in [0.5, 0.6) is 0 Å². The van der Waals surface area contributed by atoms with Crippen molar-refractivity contribution in [2.24, 2.45) is 5.92 Å². The third-order valence-electron chi connectivity index (χ3n) is 5.46. The Morgan fingerprint density at radius 3 is 2.67 bits per heavy atom. The van der Waals surface area contributed by atoms with Crippen molar-refractivity contribution in [2.45, 2.75) is 38.6 Å². The van der Waals surface area contributed by atoms with Crippen LogP contribution in [0.4, 0.5) is 0 Å². The molecule has 0 aliphatic carbocycles. The smallest absolute Gasteiger partial charge is 0.251 e. The molecule has 0 radical (unpaired) electrons. The maximum atomic E-state index is 12.7. The van der Waals surface area contributed by atoms with Crippen LogP contribution in [0.25, 0.3) is 11.0 Å². The summed E-state index contributed by atoms with van der Waals surface area (Å²) < 4.78 is 5.60. The first kappa shape index (κ1) is 17.3. The SMILES string of the molecule is CC(C)c1coc2ccc(C(=O)N[C@H]3CN4CCC3CC4)cc12.Cl. The monoisotopic (exact) mass is 348 g/mol. The number of nitrogens with zero attached hydrogens (tertiary/aromatic N) is 1. The molecule has 5 rings (SSSR count). The first-order valence-electron chi connectivity index (χ1n) is 8.66. The lowest BCUT2D eigenvalue weighted by Gasteiger charge is -2.44. The minimum atomic E-state index is 0. The van der Waals surface area contributed by atoms with E-state index >= 15 is 0 Å². The predicted molar refractivity (Wildman–Crippen MR) is 98.0 cm³/mol. The van der Waals surface area contributed by atoms with Crippen LogP contribution >= 0.6 is 12.4 Å². The van der Waals surface area contributed by atoms with Gasteiger partial charge in [0, 0.05) is 29.1 Å². The largest absolute Gasteiger partial charge is 0.464 e. The van der Waals surface area contributed by atoms with E-state index in [9.17, 15) is 4.79 Å². The third-order valence-corrected chi connectivity index (χ3v) is 5.46. The molecule has 3 saturated heterocycles. The predicted octanol–water partition coefficient (Wildman–Crippen LogP) is 3.80. The molecule has 24 heavy (non-hydrogen) atoms. The van der Waals surface area contributed by atoms with Crippen molar-refractivity contribution in [1.29, 1.82) is 0 Å². The Morgan fingerprint density at radius 2 is 2.04 bits per heavy atom. The topological polar surface area (TPSA) is 45.5 Å². The molecule has 1 aromatic heterocycles. The van der Waals surface area contributed by atoms with Gasteiger partial charge in [-0.25, -0.2) is 0 Å². The van der Waals surface area contributed by atoms with E-state index in [0.717, 1.165) is 28.6 Å². The molecule has 2 aromatic rings. The Balaban J connectivity index is 0.00000169. The van der Waals surface area contributed by atoms with Gasteiger partial charge >= 0.3 is 0 Å². The first-order chi connectivity index (χ1) is 11.1. The summed E-state index contributed by atoms with van der Waals surface area (Å²) in [5.74, 6) is 1.07. The van der Waals surface area contributed by atoms with Crippen LogP contribution in [0.1, 0.15) is 48.5 Å². The zero-order valence-corrected chi connectivity index (χ0v) is 15.1. The number of hydrogen-bond acceptors (Lipinski definition) is 3. The van der Waals surface area contributed by atoms with Crippen LogP contribution < -0.4 is 5.32 Å². The minimum Gasteiger partial charge on any atom is -0.464 e. The molecule has 0 unspecified atom stereocenters. The highest BCUT2D eigenvalue weighted by atomic mass is 35.5. The van der Waals surface area contributed by atoms with Crippen molar-refractivity contribution >= 4 is 29.3 Å². The minimum absolute atomic E-state index is 0. The van der Waals surface area contributed by atoms with Gasteiger partial charge in [-0.05, 0) is 56.0 Å². The summed E-state index contributed by atoms with van der Waals surface area (Å²) in [6.07, 6.45) is 4.23. The second kappa shape index (κ2) is 6.77. The van der Waals surface area contributed by atoms with Gasteiger partial charge in [-0.1, -0.05) is 13.8 Å². The van der Waals surface area contributed by atoms with Gasteiger partial charge in [0.15, 0.2) is 0 Å². The molecule has 2 bridgehead atoms. The molecular formula is C19H25ClN2O2. The summed E-state index contributed by atoms with van der Waals surface area (Å²) in [5.41, 5.74) is 2.75. The molecule has 0 spiro atoms. The van der Waals surface area contributed by atoms with Gasteiger partial charge in [0.1, 0.15) is 5.58 Å². The van der Waals surface area contributed by atoms with E-state index in [-0.39, 0.29) is 18.3 Å². The van der Waals surface area contributed by atoms with Crippen LogP contribution in [0.2, 0.25) is 0 Å². The molecule has 1 atom stereocenters. The molecule has 4 nitrogen and oxygen atoms in total. The number of amides is 1. The van der Waals surface area contributed by atoms with Gasteiger partial charge in [0.25, 0.3) is 5.91 Å². The molecule has 5 heteroatoms. The van der Waals surface area contributed by atoms with E-state index in [2.05, 4.69) is 24.1 Å². The van der Waals surface area contributed by atoms with Crippen molar-refractivity contribution in [1.82, 2.24) is 10.2 Å². The molecule has 1 amide bonds. The van der Waals surface area contributed by atoms with Crippen LogP contribution in [-0.2, 0) is 0 Å². The van der Waals surface area contributed by atoms with E-state index in [4.69, 9.17) is 4.42 Å². The number of halogens is 1. The number of carbonyl (C=O) groups excluding carboxylic acids is 1. The van der Waals surface area contributed by atoms with Gasteiger partial charge in [-0.15, -0.1) is 12.4 Å². The zero-order valence-electron chi connectivity index (χ0n) is 14.2. The number of nitrogens with one attached hydrogen (secondary N) is 1. The van der Waals surface area contributed by atoms with Crippen molar-refractivity contribution in [3.8, 4) is 0 Å². The summed E-state index contributed by atoms with van der Waals surface area (Å²) in [7, 11) is 0. The maximum Gasteiger partial charge on any atom is 0.251 e. The summed E-state index contributed by atoms with van der Waals surface area (Å²) in [6, 6.07) is 6.05. The molecule has 3 fully saturated rings. The lowest BCUT2D eigenvalue weighted by Crippen LogP contribution is -2.57.